The molecule has 0 aromatic carbocycles. The Labute approximate surface area is 137 Å². The van der Waals surface area contributed by atoms with Crippen molar-refractivity contribution in [1.82, 2.24) is 14.9 Å². The third-order valence-electron chi connectivity index (χ3n) is 4.84. The van der Waals surface area contributed by atoms with Crippen molar-refractivity contribution < 1.29 is 0 Å². The van der Waals surface area contributed by atoms with E-state index in [4.69, 9.17) is 0 Å². The van der Waals surface area contributed by atoms with Gasteiger partial charge in [-0.3, -0.25) is 4.90 Å². The summed E-state index contributed by atoms with van der Waals surface area (Å²) in [6.07, 6.45) is 4.37. The zero-order valence-corrected chi connectivity index (χ0v) is 14.8. The minimum Gasteiger partial charge on any atom is -0.368 e. The van der Waals surface area contributed by atoms with Crippen molar-refractivity contribution in [3.8, 4) is 0 Å². The van der Waals surface area contributed by atoms with Crippen LogP contribution in [0.15, 0.2) is 6.33 Å². The van der Waals surface area contributed by atoms with Crippen LogP contribution in [0.1, 0.15) is 37.1 Å². The summed E-state index contributed by atoms with van der Waals surface area (Å²) in [5.41, 5.74) is 1.31. The Kier molecular flexibility index (Phi) is 4.64. The molecule has 2 aromatic heterocycles. The number of rotatable bonds is 4. The van der Waals surface area contributed by atoms with Crippen molar-refractivity contribution in [2.24, 2.45) is 5.92 Å². The second-order valence-electron chi connectivity index (χ2n) is 6.66. The summed E-state index contributed by atoms with van der Waals surface area (Å²) in [6.45, 7) is 12.4. The zero-order chi connectivity index (χ0) is 15.7. The monoisotopic (exact) mass is 318 g/mol. The fraction of sp³-hybridized carbons (Fsp3) is 0.647. The molecular formula is C17H26N4S. The summed E-state index contributed by atoms with van der Waals surface area (Å²) in [7, 11) is 0. The van der Waals surface area contributed by atoms with Crippen molar-refractivity contribution in [2.75, 3.05) is 25.0 Å². The molecule has 0 radical (unpaired) electrons. The summed E-state index contributed by atoms with van der Waals surface area (Å²) in [5, 5.41) is 4.77. The summed E-state index contributed by atoms with van der Waals surface area (Å²) >= 11 is 1.75. The average molecular weight is 318 g/mol. The molecular weight excluding hydrogens is 292 g/mol. The van der Waals surface area contributed by atoms with Crippen LogP contribution in [0, 0.1) is 19.8 Å². The molecule has 1 saturated heterocycles. The van der Waals surface area contributed by atoms with Crippen molar-refractivity contribution in [1.29, 1.82) is 0 Å². The number of hydrogen-bond acceptors (Lipinski definition) is 5. The van der Waals surface area contributed by atoms with E-state index in [0.29, 0.717) is 6.04 Å². The highest BCUT2D eigenvalue weighted by Gasteiger charge is 2.21. The molecule has 0 saturated carbocycles. The summed E-state index contributed by atoms with van der Waals surface area (Å²) in [6, 6.07) is 0.535. The summed E-state index contributed by atoms with van der Waals surface area (Å²) in [5.74, 6) is 1.81. The fourth-order valence-corrected chi connectivity index (χ4v) is 4.31. The summed E-state index contributed by atoms with van der Waals surface area (Å²) < 4.78 is 0. The van der Waals surface area contributed by atoms with E-state index in [0.717, 1.165) is 23.1 Å². The van der Waals surface area contributed by atoms with Crippen LogP contribution in [0.3, 0.4) is 0 Å². The Morgan fingerprint density at radius 1 is 1.41 bits per heavy atom. The lowest BCUT2D eigenvalue weighted by Gasteiger charge is -2.35. The first-order chi connectivity index (χ1) is 10.6. The molecule has 0 spiro atoms. The molecule has 2 aromatic rings. The lowest BCUT2D eigenvalue weighted by Crippen LogP contribution is -2.43. The van der Waals surface area contributed by atoms with E-state index in [1.165, 1.54) is 41.8 Å². The zero-order valence-electron chi connectivity index (χ0n) is 14.0. The maximum absolute atomic E-state index is 4.48. The van der Waals surface area contributed by atoms with E-state index in [1.54, 1.807) is 17.7 Å². The van der Waals surface area contributed by atoms with Gasteiger partial charge in [0, 0.05) is 24.0 Å². The van der Waals surface area contributed by atoms with Gasteiger partial charge in [0.1, 0.15) is 17.0 Å². The largest absolute Gasteiger partial charge is 0.368 e. The molecule has 1 N–H and O–H groups in total. The quantitative estimate of drug-likeness (QED) is 0.930. The second kappa shape index (κ2) is 6.50. The number of hydrogen-bond donors (Lipinski definition) is 1. The van der Waals surface area contributed by atoms with Crippen molar-refractivity contribution in [3.05, 3.63) is 16.8 Å². The molecule has 0 unspecified atom stereocenters. The minimum absolute atomic E-state index is 0.535. The second-order valence-corrected chi connectivity index (χ2v) is 7.86. The molecule has 120 valence electrons. The molecule has 4 nitrogen and oxygen atoms in total. The van der Waals surface area contributed by atoms with Crippen LogP contribution in [0.2, 0.25) is 0 Å². The molecule has 1 aliphatic heterocycles. The summed E-state index contributed by atoms with van der Waals surface area (Å²) in [4.78, 5) is 13.9. The Bertz CT molecular complexity index is 651. The lowest BCUT2D eigenvalue weighted by molar-refractivity contribution is 0.144. The Hall–Kier alpha value is -1.20. The van der Waals surface area contributed by atoms with Crippen LogP contribution in [0.25, 0.3) is 10.2 Å². The number of nitrogens with one attached hydrogen (secondary N) is 1. The molecule has 0 aliphatic carbocycles. The van der Waals surface area contributed by atoms with E-state index in [2.05, 4.69) is 47.9 Å². The number of likely N-dealkylation sites (tertiary alicyclic amines) is 1. The van der Waals surface area contributed by atoms with Gasteiger partial charge in [-0.25, -0.2) is 9.97 Å². The predicted molar refractivity (Wildman–Crippen MR) is 94.8 cm³/mol. The van der Waals surface area contributed by atoms with Gasteiger partial charge >= 0.3 is 0 Å². The van der Waals surface area contributed by atoms with Gasteiger partial charge in [-0.15, -0.1) is 11.3 Å². The molecule has 1 fully saturated rings. The first-order valence-corrected chi connectivity index (χ1v) is 9.06. The molecule has 3 rings (SSSR count). The number of fused-ring (bicyclic) bond motifs is 1. The van der Waals surface area contributed by atoms with E-state index in [-0.39, 0.29) is 0 Å². The SMILES string of the molecule is Cc1sc2ncnc(NC[C@H](C)N3CCC[C@@H](C)C3)c2c1C. The van der Waals surface area contributed by atoms with Gasteiger partial charge in [0.15, 0.2) is 0 Å². The average Bonchev–Trinajstić information content (AvgIpc) is 2.80. The van der Waals surface area contributed by atoms with Gasteiger partial charge in [-0.05, 0) is 51.6 Å². The highest BCUT2D eigenvalue weighted by molar-refractivity contribution is 7.18. The van der Waals surface area contributed by atoms with Gasteiger partial charge in [-0.1, -0.05) is 6.92 Å². The van der Waals surface area contributed by atoms with Crippen LogP contribution >= 0.6 is 11.3 Å². The first kappa shape index (κ1) is 15.7. The van der Waals surface area contributed by atoms with E-state index in [1.807, 2.05) is 0 Å². The first-order valence-electron chi connectivity index (χ1n) is 8.25. The van der Waals surface area contributed by atoms with Crippen molar-refractivity contribution >= 4 is 27.4 Å². The topological polar surface area (TPSA) is 41.1 Å². The van der Waals surface area contributed by atoms with Crippen LogP contribution in [-0.2, 0) is 0 Å². The standard InChI is InChI=1S/C17H26N4S/c1-11-6-5-7-21(9-11)12(2)8-18-16-15-13(3)14(4)22-17(15)20-10-19-16/h10-12H,5-9H2,1-4H3,(H,18,19,20)/t11-,12+/m1/s1. The van der Waals surface area contributed by atoms with E-state index in [9.17, 15) is 0 Å². The van der Waals surface area contributed by atoms with Gasteiger partial charge < -0.3 is 5.32 Å². The minimum atomic E-state index is 0.535. The Morgan fingerprint density at radius 2 is 2.23 bits per heavy atom. The number of aromatic nitrogens is 2. The molecule has 5 heteroatoms. The molecule has 22 heavy (non-hydrogen) atoms. The number of piperidine rings is 1. The Balaban J connectivity index is 1.71. The van der Waals surface area contributed by atoms with Crippen LogP contribution < -0.4 is 5.32 Å². The molecule has 3 heterocycles. The lowest BCUT2D eigenvalue weighted by atomic mass is 9.99. The van der Waals surface area contributed by atoms with Crippen LogP contribution in [0.4, 0.5) is 5.82 Å². The number of thiophene rings is 1. The molecule has 0 amide bonds. The van der Waals surface area contributed by atoms with E-state index >= 15 is 0 Å². The number of nitrogens with zero attached hydrogens (tertiary/aromatic N) is 3. The Morgan fingerprint density at radius 3 is 3.00 bits per heavy atom. The van der Waals surface area contributed by atoms with Crippen LogP contribution in [-0.4, -0.2) is 40.5 Å². The third kappa shape index (κ3) is 3.10. The molecule has 2 atom stereocenters. The third-order valence-corrected chi connectivity index (χ3v) is 5.96. The number of aryl methyl sites for hydroxylation is 2. The maximum Gasteiger partial charge on any atom is 0.138 e. The fourth-order valence-electron chi connectivity index (χ4n) is 3.32. The van der Waals surface area contributed by atoms with Gasteiger partial charge in [0.2, 0.25) is 0 Å². The van der Waals surface area contributed by atoms with Crippen LogP contribution in [0.5, 0.6) is 0 Å². The predicted octanol–water partition coefficient (Wildman–Crippen LogP) is 3.84. The van der Waals surface area contributed by atoms with Gasteiger partial charge in [0.05, 0.1) is 5.39 Å². The highest BCUT2D eigenvalue weighted by Crippen LogP contribution is 2.32. The number of anilines is 1. The maximum atomic E-state index is 4.48. The van der Waals surface area contributed by atoms with E-state index < -0.39 is 0 Å². The molecule has 0 bridgehead atoms. The molecule has 1 aliphatic rings. The highest BCUT2D eigenvalue weighted by atomic mass is 32.1. The smallest absolute Gasteiger partial charge is 0.138 e. The van der Waals surface area contributed by atoms with Gasteiger partial charge in [0.25, 0.3) is 0 Å². The normalized spacial score (nSPS) is 21.2. The van der Waals surface area contributed by atoms with Gasteiger partial charge in [-0.2, -0.15) is 0 Å². The van der Waals surface area contributed by atoms with Crippen molar-refractivity contribution in [2.45, 2.75) is 46.6 Å². The van der Waals surface area contributed by atoms with Crippen molar-refractivity contribution in [3.63, 3.8) is 0 Å².